The van der Waals surface area contributed by atoms with Gasteiger partial charge in [-0.3, -0.25) is 10.0 Å². The first-order valence-electron chi connectivity index (χ1n) is 7.69. The molecule has 0 saturated heterocycles. The molecule has 0 aliphatic rings. The van der Waals surface area contributed by atoms with Crippen molar-refractivity contribution < 1.29 is 19.0 Å². The number of hydrogen-bond acceptors (Lipinski definition) is 7. The van der Waals surface area contributed by atoms with E-state index in [0.717, 1.165) is 12.0 Å². The van der Waals surface area contributed by atoms with Crippen LogP contribution in [0.3, 0.4) is 0 Å². The maximum Gasteiger partial charge on any atom is 0.307 e. The number of rotatable bonds is 8. The van der Waals surface area contributed by atoms with Gasteiger partial charge in [0.15, 0.2) is 0 Å². The molecule has 0 spiro atoms. The zero-order valence-electron chi connectivity index (χ0n) is 13.9. The van der Waals surface area contributed by atoms with Crippen LogP contribution in [0.15, 0.2) is 47.4 Å². The highest BCUT2D eigenvalue weighted by Crippen LogP contribution is 2.32. The molecule has 2 rings (SSSR count). The molecule has 1 atom stereocenters. The highest BCUT2D eigenvalue weighted by atomic mass is 35.5. The second-order valence-electron chi connectivity index (χ2n) is 5.26. The van der Waals surface area contributed by atoms with E-state index < -0.39 is 12.0 Å². The van der Waals surface area contributed by atoms with Crippen molar-refractivity contribution in [1.29, 1.82) is 0 Å². The van der Waals surface area contributed by atoms with Crippen LogP contribution in [0, 0.1) is 0 Å². The van der Waals surface area contributed by atoms with Crippen molar-refractivity contribution in [2.75, 3.05) is 12.3 Å². The smallest absolute Gasteiger partial charge is 0.307 e. The first-order chi connectivity index (χ1) is 12.4. The van der Waals surface area contributed by atoms with Gasteiger partial charge in [-0.05, 0) is 54.1 Å². The van der Waals surface area contributed by atoms with E-state index in [0.29, 0.717) is 31.4 Å². The second kappa shape index (κ2) is 10.0. The second-order valence-corrected chi connectivity index (χ2v) is 6.92. The Morgan fingerprint density at radius 2 is 1.96 bits per heavy atom. The molecular formula is C17H18Cl2N2O4S. The molecule has 0 heterocycles. The number of ether oxygens (including phenoxy) is 1. The minimum Gasteiger partial charge on any atom is -0.466 e. The number of nitrogens with two attached hydrogens (primary N) is 1. The van der Waals surface area contributed by atoms with Crippen molar-refractivity contribution >= 4 is 46.9 Å². The molecule has 6 nitrogen and oxygen atoms in total. The Kier molecular flexibility index (Phi) is 8.02. The van der Waals surface area contributed by atoms with Gasteiger partial charge in [-0.25, -0.2) is 0 Å². The number of esters is 1. The molecule has 0 saturated carbocycles. The van der Waals surface area contributed by atoms with Gasteiger partial charge in [0.05, 0.1) is 31.1 Å². The van der Waals surface area contributed by atoms with Crippen molar-refractivity contribution in [3.8, 4) is 0 Å². The van der Waals surface area contributed by atoms with Gasteiger partial charge in [0.1, 0.15) is 0 Å². The van der Waals surface area contributed by atoms with Crippen LogP contribution in [-0.2, 0) is 13.8 Å². The van der Waals surface area contributed by atoms with Crippen LogP contribution in [0.5, 0.6) is 0 Å². The van der Waals surface area contributed by atoms with E-state index >= 15 is 0 Å². The number of nitrogen functional groups attached to an aromatic ring is 1. The summed E-state index contributed by atoms with van der Waals surface area (Å²) in [7, 11) is 0. The monoisotopic (exact) mass is 416 g/mol. The summed E-state index contributed by atoms with van der Waals surface area (Å²) in [6.45, 7) is 1.93. The van der Waals surface area contributed by atoms with E-state index in [4.69, 9.17) is 38.0 Å². The molecule has 9 heteroatoms. The largest absolute Gasteiger partial charge is 0.466 e. The maximum atomic E-state index is 11.9. The lowest BCUT2D eigenvalue weighted by Gasteiger charge is -2.24. The highest BCUT2D eigenvalue weighted by molar-refractivity contribution is 7.94. The fourth-order valence-corrected chi connectivity index (χ4v) is 3.30. The average molecular weight is 417 g/mol. The zero-order chi connectivity index (χ0) is 19.1. The first-order valence-corrected chi connectivity index (χ1v) is 9.18. The van der Waals surface area contributed by atoms with E-state index in [1.165, 1.54) is 0 Å². The Hall–Kier alpha value is -1.48. The molecule has 3 N–H and O–H groups in total. The van der Waals surface area contributed by atoms with Gasteiger partial charge in [-0.2, -0.15) is 4.28 Å². The summed E-state index contributed by atoms with van der Waals surface area (Å²) in [6, 6.07) is 10.8. The zero-order valence-corrected chi connectivity index (χ0v) is 16.2. The molecule has 26 heavy (non-hydrogen) atoms. The van der Waals surface area contributed by atoms with Gasteiger partial charge in [0.25, 0.3) is 0 Å². The lowest BCUT2D eigenvalue weighted by Crippen LogP contribution is -2.26. The number of hydroxylamine groups is 2. The van der Waals surface area contributed by atoms with Gasteiger partial charge in [0.2, 0.25) is 0 Å². The molecule has 1 unspecified atom stereocenters. The van der Waals surface area contributed by atoms with Crippen LogP contribution < -0.4 is 5.73 Å². The van der Waals surface area contributed by atoms with Crippen molar-refractivity contribution in [2.24, 2.45) is 0 Å². The minimum atomic E-state index is -0.862. The van der Waals surface area contributed by atoms with Crippen molar-refractivity contribution in [1.82, 2.24) is 5.23 Å². The SMILES string of the molecule is CCOC(=O)CC(c1cc(Cl)cc(Cl)c1)N(O)OSc1cccc(N)c1. The molecule has 0 aliphatic heterocycles. The summed E-state index contributed by atoms with van der Waals surface area (Å²) in [6.07, 6.45) is -0.154. The molecule has 0 amide bonds. The quantitative estimate of drug-likeness (QED) is 0.274. The molecule has 2 aromatic rings. The van der Waals surface area contributed by atoms with Crippen LogP contribution in [0.2, 0.25) is 10.0 Å². The van der Waals surface area contributed by atoms with Crippen molar-refractivity contribution in [2.45, 2.75) is 24.3 Å². The summed E-state index contributed by atoms with van der Waals surface area (Å²) in [5, 5.41) is 11.7. The Labute approximate surface area is 165 Å². The highest BCUT2D eigenvalue weighted by Gasteiger charge is 2.25. The average Bonchev–Trinajstić information content (AvgIpc) is 2.57. The van der Waals surface area contributed by atoms with E-state index in [1.807, 2.05) is 0 Å². The van der Waals surface area contributed by atoms with Crippen LogP contribution in [0.1, 0.15) is 24.9 Å². The van der Waals surface area contributed by atoms with E-state index in [1.54, 1.807) is 49.4 Å². The number of nitrogens with zero attached hydrogens (tertiary/aromatic N) is 1. The van der Waals surface area contributed by atoms with Gasteiger partial charge >= 0.3 is 5.97 Å². The van der Waals surface area contributed by atoms with Crippen molar-refractivity contribution in [3.05, 3.63) is 58.1 Å². The molecule has 0 aliphatic carbocycles. The molecule has 0 aromatic heterocycles. The number of hydrogen-bond donors (Lipinski definition) is 2. The fraction of sp³-hybridized carbons (Fsp3) is 0.235. The third-order valence-corrected chi connectivity index (χ3v) is 4.38. The number of halogens is 2. The van der Waals surface area contributed by atoms with E-state index in [-0.39, 0.29) is 13.0 Å². The summed E-state index contributed by atoms with van der Waals surface area (Å²) in [5.74, 6) is -0.495. The number of benzene rings is 2. The minimum absolute atomic E-state index is 0.154. The molecule has 140 valence electrons. The molecule has 2 aromatic carbocycles. The van der Waals surface area contributed by atoms with Gasteiger partial charge in [0, 0.05) is 20.6 Å². The topological polar surface area (TPSA) is 85.0 Å². The molecule has 0 fully saturated rings. The summed E-state index contributed by atoms with van der Waals surface area (Å²) in [5.41, 5.74) is 6.78. The Morgan fingerprint density at radius 1 is 1.27 bits per heavy atom. The van der Waals surface area contributed by atoms with Gasteiger partial charge in [-0.15, -0.1) is 0 Å². The van der Waals surface area contributed by atoms with E-state index in [9.17, 15) is 10.0 Å². The van der Waals surface area contributed by atoms with Crippen molar-refractivity contribution in [3.63, 3.8) is 0 Å². The third kappa shape index (κ3) is 6.35. The van der Waals surface area contributed by atoms with Crippen LogP contribution in [0.25, 0.3) is 0 Å². The fourth-order valence-electron chi connectivity index (χ4n) is 2.17. The summed E-state index contributed by atoms with van der Waals surface area (Å²) < 4.78 is 10.3. The normalized spacial score (nSPS) is 12.2. The number of carbonyl (C=O) groups is 1. The molecular weight excluding hydrogens is 399 g/mol. The van der Waals surface area contributed by atoms with Crippen LogP contribution in [0.4, 0.5) is 5.69 Å². The van der Waals surface area contributed by atoms with Gasteiger partial charge < -0.3 is 10.5 Å². The Bertz CT molecular complexity index is 743. The maximum absolute atomic E-state index is 11.9. The summed E-state index contributed by atoms with van der Waals surface area (Å²) >= 11 is 12.9. The van der Waals surface area contributed by atoms with E-state index in [2.05, 4.69) is 0 Å². The summed E-state index contributed by atoms with van der Waals surface area (Å²) in [4.78, 5) is 12.6. The standard InChI is InChI=1S/C17H18Cl2N2O4S/c1-2-24-17(22)10-16(11-6-12(18)8-13(19)7-11)21(23)25-26-15-5-3-4-14(20)9-15/h3-9,16,23H,2,10,20H2,1H3. The Morgan fingerprint density at radius 3 is 2.58 bits per heavy atom. The van der Waals surface area contributed by atoms with Crippen LogP contribution in [-0.4, -0.2) is 23.0 Å². The lowest BCUT2D eigenvalue weighted by atomic mass is 10.0. The Balaban J connectivity index is 2.17. The lowest BCUT2D eigenvalue weighted by molar-refractivity contribution is -0.302. The molecule has 0 bridgehead atoms. The predicted molar refractivity (Wildman–Crippen MR) is 102 cm³/mol. The first kappa shape index (κ1) is 20.8. The number of anilines is 1. The van der Waals surface area contributed by atoms with Gasteiger partial charge in [-0.1, -0.05) is 29.3 Å². The number of carbonyl (C=O) groups excluding carboxylic acids is 1. The van der Waals surface area contributed by atoms with Crippen LogP contribution >= 0.6 is 35.2 Å². The third-order valence-electron chi connectivity index (χ3n) is 3.27. The molecule has 0 radical (unpaired) electrons. The predicted octanol–water partition coefficient (Wildman–Crippen LogP) is 4.90.